The maximum atomic E-state index is 12.8. The van der Waals surface area contributed by atoms with Crippen LogP contribution in [0.2, 0.25) is 0 Å². The number of thiazole rings is 1. The van der Waals surface area contributed by atoms with E-state index in [9.17, 15) is 4.79 Å². The highest BCUT2D eigenvalue weighted by molar-refractivity contribution is 7.20. The molecule has 1 amide bonds. The van der Waals surface area contributed by atoms with Crippen LogP contribution in [0.1, 0.15) is 10.4 Å². The molecule has 0 aliphatic rings. The highest BCUT2D eigenvalue weighted by Gasteiger charge is 2.18. The van der Waals surface area contributed by atoms with Crippen LogP contribution < -0.4 is 14.8 Å². The Morgan fingerprint density at radius 3 is 2.45 bits per heavy atom. The lowest BCUT2D eigenvalue weighted by molar-refractivity contribution is 0.102. The number of hydrogen-bond donors (Lipinski definition) is 1. The van der Waals surface area contributed by atoms with Gasteiger partial charge in [0.2, 0.25) is 0 Å². The first-order chi connectivity index (χ1) is 14.2. The Morgan fingerprint density at radius 2 is 1.76 bits per heavy atom. The van der Waals surface area contributed by atoms with Gasteiger partial charge in [0.1, 0.15) is 5.69 Å². The molecule has 4 rings (SSSR count). The predicted octanol–water partition coefficient (Wildman–Crippen LogP) is 5.81. The van der Waals surface area contributed by atoms with Crippen LogP contribution in [-0.4, -0.2) is 25.1 Å². The summed E-state index contributed by atoms with van der Waals surface area (Å²) in [5.41, 5.74) is 2.41. The van der Waals surface area contributed by atoms with Crippen molar-refractivity contribution < 1.29 is 14.3 Å². The third-order valence-corrected chi connectivity index (χ3v) is 6.18. The summed E-state index contributed by atoms with van der Waals surface area (Å²) in [6.07, 6.45) is 0. The van der Waals surface area contributed by atoms with Crippen molar-refractivity contribution in [1.82, 2.24) is 4.98 Å². The van der Waals surface area contributed by atoms with Crippen LogP contribution in [0, 0.1) is 0 Å². The van der Waals surface area contributed by atoms with Gasteiger partial charge in [0, 0.05) is 5.56 Å². The molecule has 0 spiro atoms. The standard InChI is InChI=1S/C22H18N2O3S2/c1-26-16-11-10-15(13-17(16)27-2)21(25)24-22-23-19(18-9-6-12-28-18)20(29-22)14-7-4-3-5-8-14/h3-13H,1-2H3,(H,23,24,25). The van der Waals surface area contributed by atoms with Crippen molar-refractivity contribution >= 4 is 33.7 Å². The average molecular weight is 423 g/mol. The van der Waals surface area contributed by atoms with Gasteiger partial charge >= 0.3 is 0 Å². The van der Waals surface area contributed by atoms with Crippen molar-refractivity contribution in [2.75, 3.05) is 19.5 Å². The minimum Gasteiger partial charge on any atom is -0.493 e. The van der Waals surface area contributed by atoms with E-state index >= 15 is 0 Å². The zero-order valence-corrected chi connectivity index (χ0v) is 17.5. The first-order valence-corrected chi connectivity index (χ1v) is 10.5. The zero-order valence-electron chi connectivity index (χ0n) is 15.8. The fourth-order valence-corrected chi connectivity index (χ4v) is 4.65. The number of thiophene rings is 1. The summed E-state index contributed by atoms with van der Waals surface area (Å²) >= 11 is 3.08. The topological polar surface area (TPSA) is 60.5 Å². The van der Waals surface area contributed by atoms with Crippen LogP contribution in [-0.2, 0) is 0 Å². The number of hydrogen-bond acceptors (Lipinski definition) is 6. The Hall–Kier alpha value is -3.16. The fraction of sp³-hybridized carbons (Fsp3) is 0.0909. The molecule has 0 aliphatic carbocycles. The molecule has 0 aliphatic heterocycles. The largest absolute Gasteiger partial charge is 0.493 e. The van der Waals surface area contributed by atoms with E-state index in [0.717, 1.165) is 21.0 Å². The number of nitrogens with one attached hydrogen (secondary N) is 1. The molecule has 2 aromatic carbocycles. The highest BCUT2D eigenvalue weighted by atomic mass is 32.1. The Labute approximate surface area is 176 Å². The molecule has 7 heteroatoms. The van der Waals surface area contributed by atoms with Gasteiger partial charge in [-0.1, -0.05) is 47.7 Å². The predicted molar refractivity (Wildman–Crippen MR) is 118 cm³/mol. The number of anilines is 1. The van der Waals surface area contributed by atoms with Gasteiger partial charge in [0.15, 0.2) is 16.6 Å². The number of rotatable bonds is 6. The van der Waals surface area contributed by atoms with E-state index in [0.29, 0.717) is 22.2 Å². The molecule has 2 heterocycles. The smallest absolute Gasteiger partial charge is 0.257 e. The molecular weight excluding hydrogens is 404 g/mol. The van der Waals surface area contributed by atoms with E-state index in [1.54, 1.807) is 43.8 Å². The number of nitrogens with zero attached hydrogens (tertiary/aromatic N) is 1. The van der Waals surface area contributed by atoms with Gasteiger partial charge in [-0.25, -0.2) is 4.98 Å². The van der Waals surface area contributed by atoms with Gasteiger partial charge in [-0.3, -0.25) is 10.1 Å². The molecule has 29 heavy (non-hydrogen) atoms. The normalized spacial score (nSPS) is 10.6. The van der Waals surface area contributed by atoms with Crippen molar-refractivity contribution in [3.8, 4) is 32.5 Å². The summed E-state index contributed by atoms with van der Waals surface area (Å²) in [4.78, 5) is 19.6. The number of aromatic nitrogens is 1. The van der Waals surface area contributed by atoms with Gasteiger partial charge in [0.25, 0.3) is 5.91 Å². The third-order valence-electron chi connectivity index (χ3n) is 4.28. The molecule has 4 aromatic rings. The van der Waals surface area contributed by atoms with Gasteiger partial charge < -0.3 is 9.47 Å². The van der Waals surface area contributed by atoms with Crippen LogP contribution >= 0.6 is 22.7 Å². The molecule has 0 saturated carbocycles. The number of carbonyl (C=O) groups excluding carboxylic acids is 1. The van der Waals surface area contributed by atoms with Crippen molar-refractivity contribution in [3.63, 3.8) is 0 Å². The molecule has 0 radical (unpaired) electrons. The number of amides is 1. The summed E-state index contributed by atoms with van der Waals surface area (Å²) in [6.45, 7) is 0. The fourth-order valence-electron chi connectivity index (χ4n) is 2.89. The first-order valence-electron chi connectivity index (χ1n) is 8.83. The Morgan fingerprint density at radius 1 is 0.966 bits per heavy atom. The minimum absolute atomic E-state index is 0.253. The van der Waals surface area contributed by atoms with Crippen LogP contribution in [0.25, 0.3) is 21.0 Å². The van der Waals surface area contributed by atoms with Crippen molar-refractivity contribution in [3.05, 3.63) is 71.6 Å². The van der Waals surface area contributed by atoms with E-state index in [4.69, 9.17) is 14.5 Å². The Balaban J connectivity index is 1.67. The van der Waals surface area contributed by atoms with E-state index in [1.165, 1.54) is 11.3 Å². The van der Waals surface area contributed by atoms with Crippen LogP contribution in [0.5, 0.6) is 11.5 Å². The maximum absolute atomic E-state index is 12.8. The highest BCUT2D eigenvalue weighted by Crippen LogP contribution is 2.40. The van der Waals surface area contributed by atoms with Crippen LogP contribution in [0.3, 0.4) is 0 Å². The molecule has 146 valence electrons. The lowest BCUT2D eigenvalue weighted by Crippen LogP contribution is -2.11. The van der Waals surface area contributed by atoms with Gasteiger partial charge in [-0.05, 0) is 35.2 Å². The lowest BCUT2D eigenvalue weighted by Gasteiger charge is -2.09. The number of carbonyl (C=O) groups is 1. The van der Waals surface area contributed by atoms with Gasteiger partial charge in [-0.2, -0.15) is 0 Å². The molecule has 2 aromatic heterocycles. The van der Waals surface area contributed by atoms with E-state index < -0.39 is 0 Å². The second kappa shape index (κ2) is 8.46. The molecule has 1 N–H and O–H groups in total. The van der Waals surface area contributed by atoms with Gasteiger partial charge in [0.05, 0.1) is 24.0 Å². The van der Waals surface area contributed by atoms with Crippen LogP contribution in [0.15, 0.2) is 66.0 Å². The molecular formula is C22H18N2O3S2. The van der Waals surface area contributed by atoms with E-state index in [2.05, 4.69) is 5.32 Å². The van der Waals surface area contributed by atoms with Crippen molar-refractivity contribution in [1.29, 1.82) is 0 Å². The van der Waals surface area contributed by atoms with Gasteiger partial charge in [-0.15, -0.1) is 11.3 Å². The first kappa shape index (κ1) is 19.2. The Kier molecular flexibility index (Phi) is 5.59. The second-order valence-electron chi connectivity index (χ2n) is 6.06. The molecule has 5 nitrogen and oxygen atoms in total. The summed E-state index contributed by atoms with van der Waals surface area (Å²) in [5, 5.41) is 5.48. The lowest BCUT2D eigenvalue weighted by atomic mass is 10.1. The SMILES string of the molecule is COc1ccc(C(=O)Nc2nc(-c3cccs3)c(-c3ccccc3)s2)cc1OC. The summed E-state index contributed by atoms with van der Waals surface area (Å²) in [7, 11) is 3.10. The summed E-state index contributed by atoms with van der Waals surface area (Å²) in [5.74, 6) is 0.824. The van der Waals surface area contributed by atoms with Crippen LogP contribution in [0.4, 0.5) is 5.13 Å². The maximum Gasteiger partial charge on any atom is 0.257 e. The van der Waals surface area contributed by atoms with Crippen molar-refractivity contribution in [2.24, 2.45) is 0 Å². The molecule has 0 unspecified atom stereocenters. The van der Waals surface area contributed by atoms with E-state index in [1.807, 2.05) is 47.8 Å². The number of ether oxygens (including phenoxy) is 2. The zero-order chi connectivity index (χ0) is 20.2. The van der Waals surface area contributed by atoms with Crippen molar-refractivity contribution in [2.45, 2.75) is 0 Å². The third kappa shape index (κ3) is 4.01. The monoisotopic (exact) mass is 422 g/mol. The summed E-state index contributed by atoms with van der Waals surface area (Å²) in [6, 6.07) is 19.2. The number of benzene rings is 2. The van der Waals surface area contributed by atoms with E-state index in [-0.39, 0.29) is 5.91 Å². The second-order valence-corrected chi connectivity index (χ2v) is 8.01. The summed E-state index contributed by atoms with van der Waals surface area (Å²) < 4.78 is 10.5. The molecule has 0 fully saturated rings. The Bertz CT molecular complexity index is 1120. The molecule has 0 bridgehead atoms. The average Bonchev–Trinajstić information content (AvgIpc) is 3.43. The number of methoxy groups -OCH3 is 2. The molecule has 0 atom stereocenters. The minimum atomic E-state index is -0.253. The molecule has 0 saturated heterocycles. The quantitative estimate of drug-likeness (QED) is 0.426.